The van der Waals surface area contributed by atoms with E-state index in [4.69, 9.17) is 4.74 Å². The van der Waals surface area contributed by atoms with Crippen LogP contribution in [-0.4, -0.2) is 35.5 Å². The van der Waals surface area contributed by atoms with Crippen molar-refractivity contribution in [2.24, 2.45) is 4.99 Å². The fraction of sp³-hybridized carbons (Fsp3) is 0.826. The van der Waals surface area contributed by atoms with Crippen LogP contribution in [0.3, 0.4) is 0 Å². The van der Waals surface area contributed by atoms with E-state index >= 15 is 0 Å². The van der Waals surface area contributed by atoms with E-state index < -0.39 is 5.60 Å². The summed E-state index contributed by atoms with van der Waals surface area (Å²) in [6.45, 7) is 4.07. The molecule has 0 saturated heterocycles. The van der Waals surface area contributed by atoms with E-state index in [0.717, 1.165) is 12.8 Å². The zero-order valence-electron chi connectivity index (χ0n) is 17.6. The number of aliphatic hydroxyl groups is 1. The van der Waals surface area contributed by atoms with Gasteiger partial charge in [0.25, 0.3) is 0 Å². The SMILES string of the molecule is CCCCCCCCCCCCCCCC(=O)OCC1(O)C=CC=NC1C. The van der Waals surface area contributed by atoms with E-state index in [1.165, 1.54) is 70.6 Å². The van der Waals surface area contributed by atoms with Crippen LogP contribution < -0.4 is 0 Å². The number of hydrogen-bond acceptors (Lipinski definition) is 4. The smallest absolute Gasteiger partial charge is 0.305 e. The summed E-state index contributed by atoms with van der Waals surface area (Å²) in [5.74, 6) is -0.221. The summed E-state index contributed by atoms with van der Waals surface area (Å²) in [5.41, 5.74) is -1.17. The molecule has 0 aromatic rings. The maximum absolute atomic E-state index is 11.8. The summed E-state index contributed by atoms with van der Waals surface area (Å²) < 4.78 is 5.25. The molecule has 0 aromatic heterocycles. The Morgan fingerprint density at radius 3 is 2.00 bits per heavy atom. The number of aliphatic imine (C=N–C) groups is 1. The Labute approximate surface area is 166 Å². The Kier molecular flexibility index (Phi) is 13.1. The van der Waals surface area contributed by atoms with Gasteiger partial charge < -0.3 is 9.84 Å². The van der Waals surface area contributed by atoms with Crippen molar-refractivity contribution >= 4 is 12.2 Å². The molecule has 1 aliphatic rings. The lowest BCUT2D eigenvalue weighted by Gasteiger charge is -2.29. The largest absolute Gasteiger partial charge is 0.462 e. The van der Waals surface area contributed by atoms with E-state index in [2.05, 4.69) is 11.9 Å². The third kappa shape index (κ3) is 11.3. The van der Waals surface area contributed by atoms with Gasteiger partial charge in [-0.3, -0.25) is 9.79 Å². The molecule has 1 heterocycles. The molecule has 1 rings (SSSR count). The highest BCUT2D eigenvalue weighted by molar-refractivity contribution is 5.73. The van der Waals surface area contributed by atoms with Crippen LogP contribution in [0, 0.1) is 0 Å². The molecule has 0 radical (unpaired) electrons. The molecule has 0 aromatic carbocycles. The standard InChI is InChI=1S/C23H41NO3/c1-3-4-5-6-7-8-9-10-11-12-13-14-15-17-22(25)27-20-23(26)18-16-19-24-21(23)2/h16,18-19,21,26H,3-15,17,20H2,1-2H3. The maximum atomic E-state index is 11.8. The number of esters is 1. The lowest BCUT2D eigenvalue weighted by atomic mass is 9.95. The topological polar surface area (TPSA) is 58.9 Å². The minimum atomic E-state index is -1.17. The van der Waals surface area contributed by atoms with Crippen LogP contribution in [0.5, 0.6) is 0 Å². The van der Waals surface area contributed by atoms with Gasteiger partial charge in [0.1, 0.15) is 12.2 Å². The number of ether oxygens (including phenoxy) is 1. The molecule has 27 heavy (non-hydrogen) atoms. The number of hydrogen-bond donors (Lipinski definition) is 1. The highest BCUT2D eigenvalue weighted by Gasteiger charge is 2.33. The van der Waals surface area contributed by atoms with Crippen LogP contribution >= 0.6 is 0 Å². The highest BCUT2D eigenvalue weighted by atomic mass is 16.5. The minimum absolute atomic E-state index is 0.0146. The van der Waals surface area contributed by atoms with Crippen molar-refractivity contribution in [2.45, 2.75) is 115 Å². The fourth-order valence-electron chi connectivity index (χ4n) is 3.38. The molecule has 1 aliphatic heterocycles. The zero-order valence-corrected chi connectivity index (χ0v) is 17.6. The van der Waals surface area contributed by atoms with Crippen LogP contribution in [0.15, 0.2) is 17.1 Å². The Bertz CT molecular complexity index is 447. The molecular weight excluding hydrogens is 338 g/mol. The summed E-state index contributed by atoms with van der Waals surface area (Å²) >= 11 is 0. The second-order valence-electron chi connectivity index (χ2n) is 7.98. The summed E-state index contributed by atoms with van der Waals surface area (Å²) in [7, 11) is 0. The zero-order chi connectivity index (χ0) is 19.8. The van der Waals surface area contributed by atoms with Gasteiger partial charge in [-0.15, -0.1) is 0 Å². The number of allylic oxidation sites excluding steroid dienone is 1. The first-order valence-electron chi connectivity index (χ1n) is 11.2. The average Bonchev–Trinajstić information content (AvgIpc) is 2.66. The molecule has 0 bridgehead atoms. The predicted molar refractivity (Wildman–Crippen MR) is 113 cm³/mol. The third-order valence-electron chi connectivity index (χ3n) is 5.45. The Balaban J connectivity index is 1.88. The van der Waals surface area contributed by atoms with Crippen LogP contribution in [0.4, 0.5) is 0 Å². The van der Waals surface area contributed by atoms with Gasteiger partial charge in [-0.25, -0.2) is 0 Å². The van der Waals surface area contributed by atoms with Gasteiger partial charge in [0.2, 0.25) is 0 Å². The van der Waals surface area contributed by atoms with Crippen LogP contribution in [-0.2, 0) is 9.53 Å². The summed E-state index contributed by atoms with van der Waals surface area (Å²) in [6, 6.07) is -0.286. The van der Waals surface area contributed by atoms with Gasteiger partial charge in [-0.05, 0) is 25.5 Å². The molecule has 4 heteroatoms. The van der Waals surface area contributed by atoms with Crippen LogP contribution in [0.25, 0.3) is 0 Å². The first kappa shape index (κ1) is 23.9. The highest BCUT2D eigenvalue weighted by Crippen LogP contribution is 2.19. The van der Waals surface area contributed by atoms with E-state index in [-0.39, 0.29) is 18.6 Å². The van der Waals surface area contributed by atoms with Gasteiger partial charge in [0.15, 0.2) is 0 Å². The quantitative estimate of drug-likeness (QED) is 0.273. The second kappa shape index (κ2) is 14.8. The van der Waals surface area contributed by atoms with E-state index in [1.54, 1.807) is 18.4 Å². The number of rotatable bonds is 16. The Morgan fingerprint density at radius 2 is 1.48 bits per heavy atom. The van der Waals surface area contributed by atoms with Gasteiger partial charge in [-0.2, -0.15) is 0 Å². The Morgan fingerprint density at radius 1 is 0.963 bits per heavy atom. The number of unbranched alkanes of at least 4 members (excludes halogenated alkanes) is 12. The van der Waals surface area contributed by atoms with Crippen molar-refractivity contribution < 1.29 is 14.6 Å². The molecule has 0 amide bonds. The van der Waals surface area contributed by atoms with Gasteiger partial charge in [0.05, 0.1) is 6.04 Å². The van der Waals surface area contributed by atoms with Crippen molar-refractivity contribution in [1.29, 1.82) is 0 Å². The van der Waals surface area contributed by atoms with Crippen molar-refractivity contribution in [2.75, 3.05) is 6.61 Å². The lowest BCUT2D eigenvalue weighted by Crippen LogP contribution is -2.44. The molecule has 156 valence electrons. The molecule has 0 aliphatic carbocycles. The minimum Gasteiger partial charge on any atom is -0.462 e. The van der Waals surface area contributed by atoms with Crippen LogP contribution in [0.1, 0.15) is 104 Å². The molecular formula is C23H41NO3. The number of dihydropyridines is 1. The van der Waals surface area contributed by atoms with E-state index in [1.807, 2.05) is 6.92 Å². The first-order chi connectivity index (χ1) is 13.1. The molecule has 1 N–H and O–H groups in total. The number of nitrogens with zero attached hydrogens (tertiary/aromatic N) is 1. The molecule has 0 spiro atoms. The van der Waals surface area contributed by atoms with Crippen molar-refractivity contribution in [3.63, 3.8) is 0 Å². The third-order valence-corrected chi connectivity index (χ3v) is 5.45. The molecule has 0 fully saturated rings. The van der Waals surface area contributed by atoms with Gasteiger partial charge in [0, 0.05) is 12.6 Å². The van der Waals surface area contributed by atoms with Crippen LogP contribution in [0.2, 0.25) is 0 Å². The van der Waals surface area contributed by atoms with Gasteiger partial charge >= 0.3 is 5.97 Å². The lowest BCUT2D eigenvalue weighted by molar-refractivity contribution is -0.150. The van der Waals surface area contributed by atoms with Crippen molar-refractivity contribution in [1.82, 2.24) is 0 Å². The molecule has 4 nitrogen and oxygen atoms in total. The van der Waals surface area contributed by atoms with Crippen molar-refractivity contribution in [3.8, 4) is 0 Å². The molecule has 2 unspecified atom stereocenters. The first-order valence-corrected chi connectivity index (χ1v) is 11.2. The molecule has 0 saturated carbocycles. The second-order valence-corrected chi connectivity index (χ2v) is 7.98. The summed E-state index contributed by atoms with van der Waals surface area (Å²) in [5, 5.41) is 10.4. The average molecular weight is 380 g/mol. The summed E-state index contributed by atoms with van der Waals surface area (Å²) in [4.78, 5) is 16.0. The normalized spacial score (nSPS) is 21.5. The van der Waals surface area contributed by atoms with E-state index in [0.29, 0.717) is 6.42 Å². The monoisotopic (exact) mass is 379 g/mol. The Hall–Kier alpha value is -1.16. The summed E-state index contributed by atoms with van der Waals surface area (Å²) in [6.07, 6.45) is 22.2. The maximum Gasteiger partial charge on any atom is 0.305 e. The molecule has 2 atom stereocenters. The van der Waals surface area contributed by atoms with Crippen molar-refractivity contribution in [3.05, 3.63) is 12.2 Å². The predicted octanol–water partition coefficient (Wildman–Crippen LogP) is 5.77. The van der Waals surface area contributed by atoms with Gasteiger partial charge in [-0.1, -0.05) is 84.0 Å². The number of carbonyl (C=O) groups excluding carboxylic acids is 1. The fourth-order valence-corrected chi connectivity index (χ4v) is 3.38. The van der Waals surface area contributed by atoms with E-state index in [9.17, 15) is 9.90 Å². The number of carbonyl (C=O) groups is 1.